The third-order valence-corrected chi connectivity index (χ3v) is 5.98. The fourth-order valence-corrected chi connectivity index (χ4v) is 3.31. The van der Waals surface area contributed by atoms with Gasteiger partial charge in [0.1, 0.15) is 12.6 Å². The van der Waals surface area contributed by atoms with Gasteiger partial charge in [0.25, 0.3) is 0 Å². The van der Waals surface area contributed by atoms with Crippen LogP contribution in [0, 0.1) is 17.8 Å². The fraction of sp³-hybridized carbons (Fsp3) is 0.655. The molecule has 0 aromatic heterocycles. The van der Waals surface area contributed by atoms with Gasteiger partial charge in [-0.25, -0.2) is 0 Å². The van der Waals surface area contributed by atoms with Crippen LogP contribution in [-0.4, -0.2) is 50.2 Å². The van der Waals surface area contributed by atoms with Crippen LogP contribution in [0.4, 0.5) is 0 Å². The highest BCUT2D eigenvalue weighted by atomic mass is 16.6. The average Bonchev–Trinajstić information content (AvgIpc) is 2.88. The van der Waals surface area contributed by atoms with Crippen molar-refractivity contribution in [1.82, 2.24) is 5.32 Å². The first kappa shape index (κ1) is 33.1. The molecule has 0 bridgehead atoms. The maximum absolute atomic E-state index is 12.5. The van der Waals surface area contributed by atoms with Gasteiger partial charge in [0, 0.05) is 19.4 Å². The van der Waals surface area contributed by atoms with Crippen molar-refractivity contribution in [2.75, 3.05) is 20.3 Å². The number of hydrogen-bond acceptors (Lipinski definition) is 9. The molecule has 0 saturated heterocycles. The topological polar surface area (TPSA) is 117 Å². The summed E-state index contributed by atoms with van der Waals surface area (Å²) in [5, 5.41) is 3.05. The Morgan fingerprint density at radius 3 is 1.95 bits per heavy atom. The van der Waals surface area contributed by atoms with Gasteiger partial charge in [0.15, 0.2) is 11.5 Å². The number of benzene rings is 1. The van der Waals surface area contributed by atoms with Crippen LogP contribution >= 0.6 is 0 Å². The van der Waals surface area contributed by atoms with Crippen LogP contribution in [0.5, 0.6) is 11.5 Å². The van der Waals surface area contributed by atoms with Gasteiger partial charge in [-0.2, -0.15) is 0 Å². The van der Waals surface area contributed by atoms with E-state index >= 15 is 0 Å². The minimum atomic E-state index is -0.730. The van der Waals surface area contributed by atoms with E-state index in [1.54, 1.807) is 25.1 Å². The fourth-order valence-electron chi connectivity index (χ4n) is 3.31. The Bertz CT molecular complexity index is 912. The summed E-state index contributed by atoms with van der Waals surface area (Å²) in [7, 11) is 1.29. The lowest BCUT2D eigenvalue weighted by atomic mass is 10.0. The predicted octanol–water partition coefficient (Wildman–Crippen LogP) is 4.63. The third kappa shape index (κ3) is 13.0. The molecule has 0 amide bonds. The van der Waals surface area contributed by atoms with E-state index in [0.29, 0.717) is 36.7 Å². The summed E-state index contributed by atoms with van der Waals surface area (Å²) in [5.74, 6) is -0.846. The van der Waals surface area contributed by atoms with Crippen molar-refractivity contribution in [3.8, 4) is 11.5 Å². The van der Waals surface area contributed by atoms with Gasteiger partial charge in [0.05, 0.1) is 13.0 Å². The molecule has 214 valence electrons. The first-order valence-electron chi connectivity index (χ1n) is 13.5. The molecule has 0 saturated carbocycles. The summed E-state index contributed by atoms with van der Waals surface area (Å²) in [6.45, 7) is 12.1. The van der Waals surface area contributed by atoms with E-state index in [-0.39, 0.29) is 55.8 Å². The Balaban J connectivity index is 3.00. The van der Waals surface area contributed by atoms with Crippen molar-refractivity contribution in [2.24, 2.45) is 17.8 Å². The van der Waals surface area contributed by atoms with Crippen molar-refractivity contribution in [1.29, 1.82) is 0 Å². The van der Waals surface area contributed by atoms with Gasteiger partial charge < -0.3 is 24.3 Å². The van der Waals surface area contributed by atoms with E-state index in [2.05, 4.69) is 5.32 Å². The van der Waals surface area contributed by atoms with Crippen molar-refractivity contribution in [2.45, 2.75) is 86.1 Å². The van der Waals surface area contributed by atoms with E-state index in [1.807, 2.05) is 34.6 Å². The number of rotatable bonds is 17. The number of hydrogen-bond donors (Lipinski definition) is 1. The highest BCUT2D eigenvalue weighted by Crippen LogP contribution is 2.30. The van der Waals surface area contributed by atoms with Gasteiger partial charge in [-0.1, -0.05) is 47.6 Å². The van der Waals surface area contributed by atoms with Crippen LogP contribution in [0.25, 0.3) is 0 Å². The highest BCUT2D eigenvalue weighted by molar-refractivity contribution is 5.77. The molecule has 2 atom stereocenters. The van der Waals surface area contributed by atoms with Crippen LogP contribution in [-0.2, 0) is 35.1 Å². The lowest BCUT2D eigenvalue weighted by molar-refractivity contribution is -0.148. The Morgan fingerprint density at radius 1 is 0.842 bits per heavy atom. The molecule has 1 N–H and O–H groups in total. The zero-order chi connectivity index (χ0) is 28.7. The molecule has 0 aliphatic carbocycles. The van der Waals surface area contributed by atoms with Gasteiger partial charge >= 0.3 is 23.9 Å². The second-order valence-corrected chi connectivity index (χ2v) is 10.3. The number of carbonyl (C=O) groups is 4. The molecule has 1 rings (SSSR count). The number of carbonyl (C=O) groups excluding carboxylic acids is 4. The largest absolute Gasteiger partial charge is 0.468 e. The number of nitrogens with one attached hydrogen (secondary N) is 1. The summed E-state index contributed by atoms with van der Waals surface area (Å²) in [6, 6.07) is 4.14. The van der Waals surface area contributed by atoms with Crippen LogP contribution in [0.3, 0.4) is 0 Å². The molecular weight excluding hydrogens is 490 g/mol. The number of methoxy groups -OCH3 is 1. The molecule has 9 nitrogen and oxygen atoms in total. The SMILES string of the molecule is CCC(C)C(=O)OCCN[C@@H](Cc1ccc(OC(=O)CCC(C)C)c(OC(=O)CCC(C)C)c1)C(=O)OC. The second-order valence-electron chi connectivity index (χ2n) is 10.3. The van der Waals surface area contributed by atoms with Gasteiger partial charge in [-0.3, -0.25) is 19.2 Å². The monoisotopic (exact) mass is 535 g/mol. The molecule has 1 unspecified atom stereocenters. The van der Waals surface area contributed by atoms with E-state index < -0.39 is 23.9 Å². The van der Waals surface area contributed by atoms with Gasteiger partial charge in [-0.15, -0.1) is 0 Å². The first-order valence-corrected chi connectivity index (χ1v) is 13.5. The first-order chi connectivity index (χ1) is 18.0. The van der Waals surface area contributed by atoms with Gasteiger partial charge in [-0.05, 0) is 55.2 Å². The van der Waals surface area contributed by atoms with E-state index in [0.717, 1.165) is 0 Å². The summed E-state index contributed by atoms with van der Waals surface area (Å²) >= 11 is 0. The van der Waals surface area contributed by atoms with Crippen molar-refractivity contribution in [3.05, 3.63) is 23.8 Å². The minimum Gasteiger partial charge on any atom is -0.468 e. The smallest absolute Gasteiger partial charge is 0.323 e. The molecular formula is C29H45NO8. The van der Waals surface area contributed by atoms with E-state index in [9.17, 15) is 19.2 Å². The summed E-state index contributed by atoms with van der Waals surface area (Å²) in [4.78, 5) is 49.1. The zero-order valence-corrected chi connectivity index (χ0v) is 24.0. The van der Waals surface area contributed by atoms with Crippen LogP contribution in [0.2, 0.25) is 0 Å². The Morgan fingerprint density at radius 2 is 1.42 bits per heavy atom. The molecule has 38 heavy (non-hydrogen) atoms. The Kier molecular flexibility index (Phi) is 15.3. The molecule has 9 heteroatoms. The van der Waals surface area contributed by atoms with Crippen LogP contribution in [0.1, 0.15) is 79.2 Å². The van der Waals surface area contributed by atoms with Gasteiger partial charge in [0.2, 0.25) is 0 Å². The number of ether oxygens (including phenoxy) is 4. The molecule has 0 heterocycles. The predicted molar refractivity (Wildman–Crippen MR) is 144 cm³/mol. The maximum atomic E-state index is 12.5. The molecule has 0 radical (unpaired) electrons. The summed E-state index contributed by atoms with van der Waals surface area (Å²) in [6.07, 6.45) is 2.71. The minimum absolute atomic E-state index is 0.112. The van der Waals surface area contributed by atoms with E-state index in [4.69, 9.17) is 18.9 Å². The Hall–Kier alpha value is -2.94. The summed E-state index contributed by atoms with van der Waals surface area (Å²) in [5.41, 5.74) is 0.665. The average molecular weight is 536 g/mol. The number of esters is 4. The molecule has 0 fully saturated rings. The quantitative estimate of drug-likeness (QED) is 0.173. The molecule has 0 aliphatic rings. The van der Waals surface area contributed by atoms with Crippen LogP contribution < -0.4 is 14.8 Å². The highest BCUT2D eigenvalue weighted by Gasteiger charge is 2.22. The zero-order valence-electron chi connectivity index (χ0n) is 24.0. The normalized spacial score (nSPS) is 12.7. The summed E-state index contributed by atoms with van der Waals surface area (Å²) < 4.78 is 21.3. The molecule has 1 aromatic rings. The third-order valence-electron chi connectivity index (χ3n) is 5.98. The van der Waals surface area contributed by atoms with Crippen molar-refractivity contribution < 1.29 is 38.1 Å². The van der Waals surface area contributed by atoms with Crippen molar-refractivity contribution >= 4 is 23.9 Å². The van der Waals surface area contributed by atoms with Crippen LogP contribution in [0.15, 0.2) is 18.2 Å². The maximum Gasteiger partial charge on any atom is 0.323 e. The lowest BCUT2D eigenvalue weighted by Crippen LogP contribution is -2.41. The molecule has 0 spiro atoms. The standard InChI is InChI=1S/C29H45NO8/c1-8-21(6)28(33)36-16-15-30-23(29(34)35-7)17-22-11-12-24(37-26(31)13-9-19(2)3)25(18-22)38-27(32)14-10-20(4)5/h11-12,18-21,23,30H,8-10,13-17H2,1-7H3/t21?,23-/m0/s1. The van der Waals surface area contributed by atoms with Crippen molar-refractivity contribution in [3.63, 3.8) is 0 Å². The second kappa shape index (κ2) is 17.5. The van der Waals surface area contributed by atoms with E-state index in [1.165, 1.54) is 7.11 Å². The lowest BCUT2D eigenvalue weighted by Gasteiger charge is -2.18. The Labute approximate surface area is 226 Å². The molecule has 0 aliphatic heterocycles. The molecule has 1 aromatic carbocycles.